The zero-order chi connectivity index (χ0) is 3.54. The predicted octanol–water partition coefficient (Wildman–Crippen LogP) is -1.28. The first kappa shape index (κ1) is 3.60. The maximum atomic E-state index is 4.50. The highest BCUT2D eigenvalue weighted by Gasteiger charge is 1.92. The lowest BCUT2D eigenvalue weighted by atomic mass is 14.9. The van der Waals surface area contributed by atoms with Crippen LogP contribution in [0.2, 0.25) is 0 Å². The van der Waals surface area contributed by atoms with E-state index in [0.717, 1.165) is 8.13 Å². The molecule has 0 bridgehead atoms. The minimum Gasteiger partial charge on any atom is -0.425 e. The summed E-state index contributed by atoms with van der Waals surface area (Å²) in [6.07, 6.45) is 0. The molecule has 0 N–H and O–H groups in total. The van der Waals surface area contributed by atoms with Crippen LogP contribution in [0.15, 0.2) is 0 Å². The zero-order valence-corrected chi connectivity index (χ0v) is 5.32. The Hall–Kier alpha value is 0.411. The van der Waals surface area contributed by atoms with Crippen LogP contribution in [0.1, 0.15) is 0 Å². The third-order valence-corrected chi connectivity index (χ3v) is 3.88. The molecule has 5 heavy (non-hydrogen) atoms. The van der Waals surface area contributed by atoms with Crippen LogP contribution >= 0.6 is 0 Å². The molecule has 0 atom stereocenters. The van der Waals surface area contributed by atoms with Crippen LogP contribution in [0.4, 0.5) is 0 Å². The molecule has 0 fully saturated rings. The van der Waals surface area contributed by atoms with Crippen LogP contribution in [0, 0.1) is 0 Å². The summed E-state index contributed by atoms with van der Waals surface area (Å²) in [5, 5.41) is 0. The molecule has 0 spiro atoms. The van der Waals surface area contributed by atoms with E-state index in [0.29, 0.717) is 18.1 Å². The monoisotopic (exact) mass is 116 g/mol. The van der Waals surface area contributed by atoms with Gasteiger partial charge in [0.15, 0.2) is 0 Å². The lowest BCUT2D eigenvalue weighted by molar-refractivity contribution is -0.0861. The van der Waals surface area contributed by atoms with Crippen LogP contribution in [-0.2, 0) is 9.15 Å². The summed E-state index contributed by atoms with van der Waals surface area (Å²) in [5.41, 5.74) is 0. The topological polar surface area (TPSA) is 18.5 Å². The van der Waals surface area contributed by atoms with Gasteiger partial charge >= 0.3 is 18.1 Å². The van der Waals surface area contributed by atoms with Crippen molar-refractivity contribution in [1.82, 2.24) is 0 Å². The highest BCUT2D eigenvalue weighted by atomic mass is 29.4. The summed E-state index contributed by atoms with van der Waals surface area (Å²) < 4.78 is 8.99. The molecule has 1 rings (SSSR count). The van der Waals surface area contributed by atoms with E-state index in [4.69, 9.17) is 0 Å². The summed E-state index contributed by atoms with van der Waals surface area (Å²) in [6, 6.07) is 0. The van der Waals surface area contributed by atoms with Crippen molar-refractivity contribution in [3.63, 3.8) is 0 Å². The third-order valence-electron chi connectivity index (χ3n) is 0.227. The first-order valence-electron chi connectivity index (χ1n) is 1.07. The van der Waals surface area contributed by atoms with Crippen LogP contribution in [0.25, 0.3) is 0 Å². The molecule has 0 amide bonds. The van der Waals surface area contributed by atoms with Crippen molar-refractivity contribution in [2.24, 2.45) is 0 Å². The van der Waals surface area contributed by atoms with Crippen molar-refractivity contribution in [2.45, 2.75) is 0 Å². The summed E-state index contributed by atoms with van der Waals surface area (Å²) in [7, 11) is 2.17. The molecule has 0 saturated heterocycles. The Morgan fingerprint density at radius 2 is 2.20 bits per heavy atom. The van der Waals surface area contributed by atoms with E-state index in [2.05, 4.69) is 9.15 Å². The number of rotatable bonds is 0. The molecule has 1 aliphatic rings. The largest absolute Gasteiger partial charge is 0.425 e. The molecule has 4 radical (unpaired) electrons. The van der Waals surface area contributed by atoms with E-state index in [1.54, 1.807) is 0 Å². The van der Waals surface area contributed by atoms with E-state index < -0.39 is 0 Å². The van der Waals surface area contributed by atoms with Crippen molar-refractivity contribution in [1.29, 1.82) is 0 Å². The average Bonchev–Trinajstić information content (AvgIpc) is 1.76. The highest BCUT2D eigenvalue weighted by molar-refractivity contribution is 7.08. The Morgan fingerprint density at radius 3 is 2.40 bits per heavy atom. The fourth-order valence-electron chi connectivity index (χ4n) is 0.104. The van der Waals surface area contributed by atoms with Crippen molar-refractivity contribution in [2.75, 3.05) is 0 Å². The molecule has 2 nitrogen and oxygen atoms in total. The highest BCUT2D eigenvalue weighted by Crippen LogP contribution is 1.68. The molecular formula is O2Si3. The van der Waals surface area contributed by atoms with Gasteiger partial charge in [-0.25, -0.2) is 0 Å². The van der Waals surface area contributed by atoms with E-state index >= 15 is 0 Å². The third kappa shape index (κ3) is 0.876. The Bertz CT molecular complexity index is 42.9. The standard InChI is InChI=1S/O2Si3/c1-2-4-5-3-1. The summed E-state index contributed by atoms with van der Waals surface area (Å²) in [6.45, 7) is 0. The Morgan fingerprint density at radius 1 is 1.20 bits per heavy atom. The van der Waals surface area contributed by atoms with Gasteiger partial charge in [0, 0.05) is 0 Å². The average molecular weight is 116 g/mol. The maximum Gasteiger partial charge on any atom is 0.301 e. The molecule has 0 unspecified atom stereocenters. The number of hydrogen-bond acceptors (Lipinski definition) is 2. The molecule has 24 valence electrons. The Labute approximate surface area is 36.2 Å². The predicted molar refractivity (Wildman–Crippen MR) is 19.4 cm³/mol. The fraction of sp³-hybridized carbons (Fsp3) is 0. The first-order valence-corrected chi connectivity index (χ1v) is 5.89. The van der Waals surface area contributed by atoms with Crippen molar-refractivity contribution < 1.29 is 9.15 Å². The van der Waals surface area contributed by atoms with Crippen molar-refractivity contribution >= 4 is 26.3 Å². The van der Waals surface area contributed by atoms with Gasteiger partial charge in [-0.15, -0.1) is 0 Å². The molecule has 0 saturated carbocycles. The molecule has 1 aliphatic heterocycles. The lowest BCUT2D eigenvalue weighted by Gasteiger charge is -1.82. The number of hydrogen-bond donors (Lipinski definition) is 0. The second-order valence-corrected chi connectivity index (χ2v) is 5.71. The molecule has 0 aliphatic carbocycles. The summed E-state index contributed by atoms with van der Waals surface area (Å²) >= 11 is 0. The van der Waals surface area contributed by atoms with E-state index in [-0.39, 0.29) is 0 Å². The van der Waals surface area contributed by atoms with Crippen molar-refractivity contribution in [3.8, 4) is 0 Å². The minimum atomic E-state index is 0.627. The van der Waals surface area contributed by atoms with Gasteiger partial charge in [-0.1, -0.05) is 0 Å². The van der Waals surface area contributed by atoms with Gasteiger partial charge in [-0.2, -0.15) is 0 Å². The van der Waals surface area contributed by atoms with E-state index in [9.17, 15) is 0 Å². The normalized spacial score (nSPS) is 19.2. The van der Waals surface area contributed by atoms with Gasteiger partial charge in [-0.3, -0.25) is 4.58 Å². The maximum absolute atomic E-state index is 4.50. The molecule has 1 heterocycles. The summed E-state index contributed by atoms with van der Waals surface area (Å²) in [4.78, 5) is 0. The quantitative estimate of drug-likeness (QED) is 0.290. The van der Waals surface area contributed by atoms with Crippen LogP contribution in [0.5, 0.6) is 0 Å². The van der Waals surface area contributed by atoms with Gasteiger partial charge in [0.05, 0.1) is 8.13 Å². The van der Waals surface area contributed by atoms with Crippen LogP contribution in [-0.4, -0.2) is 26.3 Å². The fourth-order valence-corrected chi connectivity index (χ4v) is 2.81. The smallest absolute Gasteiger partial charge is 0.301 e. The van der Waals surface area contributed by atoms with E-state index in [1.165, 1.54) is 0 Å². The van der Waals surface area contributed by atoms with Gasteiger partial charge in [0.1, 0.15) is 0 Å². The molecule has 5 heteroatoms. The SMILES string of the molecule is O1O[Si]=[Si][Si]1. The first-order chi connectivity index (χ1) is 2.50. The molecular weight excluding hydrogens is 116 g/mol. The minimum absolute atomic E-state index is 0.627. The van der Waals surface area contributed by atoms with Gasteiger partial charge < -0.3 is 4.58 Å². The van der Waals surface area contributed by atoms with Crippen LogP contribution in [0.3, 0.4) is 0 Å². The van der Waals surface area contributed by atoms with Gasteiger partial charge in [-0.05, 0) is 0 Å². The molecule has 0 aromatic rings. The Balaban J connectivity index is 2.32. The zero-order valence-electron chi connectivity index (χ0n) is 2.32. The van der Waals surface area contributed by atoms with Gasteiger partial charge in [0.25, 0.3) is 0 Å². The summed E-state index contributed by atoms with van der Waals surface area (Å²) in [5.74, 6) is 0. The van der Waals surface area contributed by atoms with Crippen LogP contribution < -0.4 is 0 Å². The lowest BCUT2D eigenvalue weighted by Crippen LogP contribution is -1.86. The second-order valence-electron chi connectivity index (χ2n) is 0.496. The van der Waals surface area contributed by atoms with Crippen molar-refractivity contribution in [3.05, 3.63) is 0 Å². The molecule has 0 aromatic heterocycles. The van der Waals surface area contributed by atoms with E-state index in [1.807, 2.05) is 0 Å². The molecule has 0 aromatic carbocycles. The van der Waals surface area contributed by atoms with Gasteiger partial charge in [0.2, 0.25) is 0 Å². The Kier molecular flexibility index (Phi) is 1.26. The second kappa shape index (κ2) is 1.75.